The van der Waals surface area contributed by atoms with E-state index in [2.05, 4.69) is 34.6 Å². The average molecular weight is 1080 g/mol. The molecule has 0 aromatic rings. The molecule has 5 unspecified atom stereocenters. The molecule has 9 rings (SSSR count). The van der Waals surface area contributed by atoms with Crippen LogP contribution in [0.3, 0.4) is 0 Å². The van der Waals surface area contributed by atoms with E-state index in [1.165, 1.54) is 6.92 Å². The third-order valence-corrected chi connectivity index (χ3v) is 21.7. The van der Waals surface area contributed by atoms with E-state index in [4.69, 9.17) is 37.9 Å². The Morgan fingerprint density at radius 1 is 0.600 bits per heavy atom. The molecule has 13 N–H and O–H groups in total. The highest BCUT2D eigenvalue weighted by molar-refractivity contribution is 5.78. The lowest BCUT2D eigenvalue weighted by molar-refractivity contribution is -0.366. The van der Waals surface area contributed by atoms with Crippen LogP contribution in [0.15, 0.2) is 0 Å². The molecule has 0 aromatic carbocycles. The van der Waals surface area contributed by atoms with Gasteiger partial charge in [0.2, 0.25) is 6.29 Å². The molecule has 22 nitrogen and oxygen atoms in total. The lowest BCUT2D eigenvalue weighted by Gasteiger charge is -2.73. The van der Waals surface area contributed by atoms with Gasteiger partial charge in [0.25, 0.3) is 0 Å². The monoisotopic (exact) mass is 1080 g/mol. The van der Waals surface area contributed by atoms with E-state index in [-0.39, 0.29) is 58.5 Å². The van der Waals surface area contributed by atoms with Crippen molar-refractivity contribution in [3.8, 4) is 0 Å². The largest absolute Gasteiger partial charge is 0.432 e. The van der Waals surface area contributed by atoms with Gasteiger partial charge in [-0.3, -0.25) is 4.79 Å². The third-order valence-electron chi connectivity index (χ3n) is 21.7. The number of aliphatic hydroxyl groups is 13. The van der Waals surface area contributed by atoms with Gasteiger partial charge in [-0.1, -0.05) is 41.5 Å². The van der Waals surface area contributed by atoms with Crippen LogP contribution < -0.4 is 0 Å². The number of hydrogen-bond donors (Lipinski definition) is 13. The van der Waals surface area contributed by atoms with E-state index in [9.17, 15) is 71.2 Å². The van der Waals surface area contributed by atoms with Gasteiger partial charge in [-0.05, 0) is 123 Å². The quantitative estimate of drug-likeness (QED) is 0.0752. The number of carbonyl (C=O) groups is 1. The number of aliphatic hydroxyl groups excluding tert-OH is 13. The van der Waals surface area contributed by atoms with Crippen molar-refractivity contribution in [3.05, 3.63) is 0 Å². The summed E-state index contributed by atoms with van der Waals surface area (Å²) in [4.78, 5) is 15.0. The third kappa shape index (κ3) is 9.58. The highest BCUT2D eigenvalue weighted by atomic mass is 16.8. The Kier molecular flexibility index (Phi) is 16.5. The molecule has 4 heterocycles. The predicted molar refractivity (Wildman–Crippen MR) is 257 cm³/mol. The Balaban J connectivity index is 0.891. The normalized spacial score (nSPS) is 54.5. The van der Waals surface area contributed by atoms with Crippen LogP contribution in [-0.2, 0) is 42.7 Å². The van der Waals surface area contributed by atoms with Gasteiger partial charge < -0.3 is 104 Å². The zero-order chi connectivity index (χ0) is 54.7. The smallest absolute Gasteiger partial charge is 0.314 e. The van der Waals surface area contributed by atoms with Crippen molar-refractivity contribution in [2.45, 2.75) is 242 Å². The first-order chi connectivity index (χ1) is 35.1. The molecular formula is C53H88O22. The second-order valence-electron chi connectivity index (χ2n) is 26.1. The number of rotatable bonds is 13. The number of esters is 1. The minimum atomic E-state index is -1.71. The molecule has 29 atom stereocenters. The summed E-state index contributed by atoms with van der Waals surface area (Å²) >= 11 is 0. The molecule has 432 valence electrons. The van der Waals surface area contributed by atoms with E-state index >= 15 is 0 Å². The fraction of sp³-hybridized carbons (Fsp3) is 0.981. The molecule has 22 heteroatoms. The van der Waals surface area contributed by atoms with E-state index in [1.807, 2.05) is 6.92 Å². The summed E-state index contributed by atoms with van der Waals surface area (Å²) in [7, 11) is 0. The molecule has 0 amide bonds. The van der Waals surface area contributed by atoms with Crippen molar-refractivity contribution in [1.29, 1.82) is 0 Å². The van der Waals surface area contributed by atoms with E-state index in [1.54, 1.807) is 0 Å². The van der Waals surface area contributed by atoms with E-state index in [0.29, 0.717) is 19.3 Å². The molecule has 5 aliphatic carbocycles. The summed E-state index contributed by atoms with van der Waals surface area (Å²) in [5.74, 6) is -0.241. The maximum Gasteiger partial charge on any atom is 0.314 e. The number of fused-ring (bicyclic) bond motifs is 7. The van der Waals surface area contributed by atoms with Gasteiger partial charge in [0.05, 0.1) is 44.1 Å². The number of hydrogen-bond acceptors (Lipinski definition) is 22. The molecule has 75 heavy (non-hydrogen) atoms. The van der Waals surface area contributed by atoms with Gasteiger partial charge in [0.1, 0.15) is 85.5 Å². The standard InChI is InChI=1S/C53H88O22/c1-23-32(59)34(61)37(64)44(70-23)74-42-33(60)27(57)20-69-46(42)71-31-11-12-49(4)29(50(31,5)22-55)10-13-52(7)30(49)9-8-24-25-18-48(2,3)14-16-53(25,17-15-51(24,52)6)47(67)75-45-39(66)36(63)41(73-45)28(58)21-68-43-38(65)35(62)40(72-43)26(56)19-54/h23-46,54-66H,8-22H2,1-7H3/t23-,24+,25-,26?,27-,28?,29?,30?,31-,32-,33-,34+,35+,36+,37+,38+,39+,40-,41-,42+,43-,44?,45+,46-,49-,50-,51+,52+,53-/m0/s1. The maximum absolute atomic E-state index is 15.0. The van der Waals surface area contributed by atoms with Crippen molar-refractivity contribution in [2.75, 3.05) is 26.4 Å². The second-order valence-corrected chi connectivity index (χ2v) is 26.1. The van der Waals surface area contributed by atoms with Crippen LogP contribution in [0.4, 0.5) is 0 Å². The van der Waals surface area contributed by atoms with Gasteiger partial charge in [0.15, 0.2) is 18.9 Å². The first-order valence-corrected chi connectivity index (χ1v) is 27.5. The molecule has 5 saturated carbocycles. The Labute approximate surface area is 438 Å². The van der Waals surface area contributed by atoms with Crippen molar-refractivity contribution >= 4 is 5.97 Å². The van der Waals surface area contributed by atoms with Crippen molar-refractivity contribution < 1.29 is 109 Å². The Morgan fingerprint density at radius 3 is 1.92 bits per heavy atom. The number of carbonyl (C=O) groups excluding carboxylic acids is 1. The molecular weight excluding hydrogens is 989 g/mol. The van der Waals surface area contributed by atoms with Gasteiger partial charge in [0, 0.05) is 5.41 Å². The van der Waals surface area contributed by atoms with Crippen molar-refractivity contribution in [2.24, 2.45) is 56.2 Å². The van der Waals surface area contributed by atoms with Gasteiger partial charge >= 0.3 is 5.97 Å². The van der Waals surface area contributed by atoms with E-state index in [0.717, 1.165) is 51.4 Å². The van der Waals surface area contributed by atoms with E-state index < -0.39 is 153 Å². The number of ether oxygens (including phenoxy) is 8. The van der Waals surface area contributed by atoms with Crippen LogP contribution in [0.2, 0.25) is 0 Å². The second kappa shape index (κ2) is 21.2. The van der Waals surface area contributed by atoms with Crippen LogP contribution in [0.5, 0.6) is 0 Å². The minimum Gasteiger partial charge on any atom is -0.432 e. The van der Waals surface area contributed by atoms with Crippen molar-refractivity contribution in [3.63, 3.8) is 0 Å². The van der Waals surface area contributed by atoms with Crippen LogP contribution in [-0.4, -0.2) is 222 Å². The molecule has 4 aliphatic heterocycles. The van der Waals surface area contributed by atoms with Gasteiger partial charge in [-0.15, -0.1) is 0 Å². The molecule has 9 fully saturated rings. The fourth-order valence-electron chi connectivity index (χ4n) is 16.9. The molecule has 0 aromatic heterocycles. The van der Waals surface area contributed by atoms with Crippen LogP contribution in [0, 0.1) is 56.2 Å². The lowest BCUT2D eigenvalue weighted by atomic mass is 9.31. The average Bonchev–Trinajstić information content (AvgIpc) is 3.82. The first-order valence-electron chi connectivity index (χ1n) is 27.5. The Morgan fingerprint density at radius 2 is 1.24 bits per heavy atom. The molecule has 0 radical (unpaired) electrons. The summed E-state index contributed by atoms with van der Waals surface area (Å²) in [5, 5.41) is 138. The zero-order valence-corrected chi connectivity index (χ0v) is 44.5. The Bertz CT molecular complexity index is 2000. The summed E-state index contributed by atoms with van der Waals surface area (Å²) in [6.07, 6.45) is -20.8. The summed E-state index contributed by atoms with van der Waals surface area (Å²) < 4.78 is 47.3. The zero-order valence-electron chi connectivity index (χ0n) is 44.5. The van der Waals surface area contributed by atoms with Crippen LogP contribution >= 0.6 is 0 Å². The highest BCUT2D eigenvalue weighted by Gasteiger charge is 2.72. The highest BCUT2D eigenvalue weighted by Crippen LogP contribution is 2.77. The predicted octanol–water partition coefficient (Wildman–Crippen LogP) is -1.32. The van der Waals surface area contributed by atoms with Crippen LogP contribution in [0.1, 0.15) is 119 Å². The summed E-state index contributed by atoms with van der Waals surface area (Å²) in [6, 6.07) is 0. The van der Waals surface area contributed by atoms with Gasteiger partial charge in [-0.2, -0.15) is 0 Å². The lowest BCUT2D eigenvalue weighted by Crippen LogP contribution is -2.69. The molecule has 0 spiro atoms. The first kappa shape index (κ1) is 58.3. The Hall–Kier alpha value is -1.33. The summed E-state index contributed by atoms with van der Waals surface area (Å²) in [5.41, 5.74) is -2.42. The fourth-order valence-corrected chi connectivity index (χ4v) is 16.9. The van der Waals surface area contributed by atoms with Gasteiger partial charge in [-0.25, -0.2) is 0 Å². The topological polar surface area (TPSA) is 354 Å². The SMILES string of the molecule is C[C@@H]1OC(O[C@H]2[C@H](O[C@H]3CC[C@@]4(C)C(CC[C@]5(C)C4CC[C@@H]4[C@@H]6CC(C)(C)CC[C@]6(C(=O)O[C@H]6O[C@@H](C(O)CO[C@H]7O[C@@H](C(O)CO)[C@H](O)[C@H]7O)[C@H](O)[C@H]6O)CC[C@]45C)[C@]3(C)CO)OC[C@H](O)[C@@H]2O)[C@H](O)[C@H](O)[C@H]1O. The van der Waals surface area contributed by atoms with Crippen LogP contribution in [0.25, 0.3) is 0 Å². The summed E-state index contributed by atoms with van der Waals surface area (Å²) in [6.45, 7) is 13.4. The minimum absolute atomic E-state index is 0.00594. The molecule has 4 saturated heterocycles. The van der Waals surface area contributed by atoms with Crippen molar-refractivity contribution in [1.82, 2.24) is 0 Å². The molecule has 9 aliphatic rings. The molecule has 0 bridgehead atoms. The maximum atomic E-state index is 15.0.